The molecule has 1 aromatic rings. The third-order valence-electron chi connectivity index (χ3n) is 4.61. The Balaban J connectivity index is 2.14. The van der Waals surface area contributed by atoms with E-state index in [9.17, 15) is 0 Å². The fourth-order valence-electron chi connectivity index (χ4n) is 3.48. The van der Waals surface area contributed by atoms with Crippen LogP contribution in [0.5, 0.6) is 0 Å². The Labute approximate surface area is 117 Å². The molecule has 1 aliphatic carbocycles. The topological polar surface area (TPSA) is 47.1 Å². The first-order chi connectivity index (χ1) is 9.02. The van der Waals surface area contributed by atoms with E-state index in [4.69, 9.17) is 5.73 Å². The molecule has 0 amide bonds. The van der Waals surface area contributed by atoms with Crippen LogP contribution < -0.4 is 5.73 Å². The minimum atomic E-state index is 0.295. The molecule has 4 heteroatoms. The third kappa shape index (κ3) is 3.18. The summed E-state index contributed by atoms with van der Waals surface area (Å²) in [5.41, 5.74) is 8.43. The molecular formula is C15H28N4. The lowest BCUT2D eigenvalue weighted by Gasteiger charge is -2.38. The molecular weight excluding hydrogens is 236 g/mol. The molecule has 19 heavy (non-hydrogen) atoms. The van der Waals surface area contributed by atoms with Crippen LogP contribution in [0.2, 0.25) is 0 Å². The molecule has 2 N–H and O–H groups in total. The summed E-state index contributed by atoms with van der Waals surface area (Å²) in [5, 5.41) is 4.46. The molecule has 0 spiro atoms. The predicted molar refractivity (Wildman–Crippen MR) is 78.9 cm³/mol. The lowest BCUT2D eigenvalue weighted by Crippen LogP contribution is -2.41. The first kappa shape index (κ1) is 14.5. The van der Waals surface area contributed by atoms with Crippen molar-refractivity contribution in [2.45, 2.75) is 51.6 Å². The number of likely N-dealkylation sites (N-methyl/N-ethyl adjacent to an activating group) is 1. The summed E-state index contributed by atoms with van der Waals surface area (Å²) in [5.74, 6) is 0.842. The van der Waals surface area contributed by atoms with Crippen molar-refractivity contribution in [3.05, 3.63) is 17.5 Å². The molecule has 1 aliphatic rings. The van der Waals surface area contributed by atoms with E-state index in [1.807, 2.05) is 11.7 Å². The maximum absolute atomic E-state index is 6.05. The number of rotatable bonds is 4. The number of aromatic nitrogens is 2. The number of hydrogen-bond donors (Lipinski definition) is 1. The molecule has 0 aliphatic heterocycles. The number of hydrogen-bond acceptors (Lipinski definition) is 3. The van der Waals surface area contributed by atoms with Crippen LogP contribution in [0.25, 0.3) is 0 Å². The molecule has 0 saturated heterocycles. The normalized spacial score (nSPS) is 25.8. The molecule has 3 atom stereocenters. The fourth-order valence-corrected chi connectivity index (χ4v) is 3.48. The second-order valence-corrected chi connectivity index (χ2v) is 6.19. The first-order valence-corrected chi connectivity index (χ1v) is 7.45. The molecule has 108 valence electrons. The highest BCUT2D eigenvalue weighted by Crippen LogP contribution is 2.31. The quantitative estimate of drug-likeness (QED) is 0.907. The zero-order valence-electron chi connectivity index (χ0n) is 12.8. The summed E-state index contributed by atoms with van der Waals surface area (Å²) in [4.78, 5) is 2.49. The van der Waals surface area contributed by atoms with E-state index in [1.165, 1.54) is 31.2 Å². The standard InChI is InChI=1S/C15H28N4/c1-11-6-5-7-13(8-11)19(4)15(9-16)14-10-18(3)17-12(14)2/h10-11,13,15H,5-9,16H2,1-4H3. The summed E-state index contributed by atoms with van der Waals surface area (Å²) in [6.07, 6.45) is 7.45. The number of nitrogens with zero attached hydrogens (tertiary/aromatic N) is 3. The van der Waals surface area contributed by atoms with Gasteiger partial charge in [0.05, 0.1) is 11.7 Å². The van der Waals surface area contributed by atoms with Gasteiger partial charge in [0.1, 0.15) is 0 Å². The Hall–Kier alpha value is -0.870. The van der Waals surface area contributed by atoms with Crippen molar-refractivity contribution in [3.63, 3.8) is 0 Å². The molecule has 1 saturated carbocycles. The van der Waals surface area contributed by atoms with Crippen LogP contribution in [0.1, 0.15) is 49.9 Å². The Morgan fingerprint density at radius 3 is 2.79 bits per heavy atom. The van der Waals surface area contributed by atoms with Gasteiger partial charge in [-0.1, -0.05) is 19.8 Å². The van der Waals surface area contributed by atoms with E-state index in [0.717, 1.165) is 11.6 Å². The van der Waals surface area contributed by atoms with E-state index >= 15 is 0 Å². The Bertz CT molecular complexity index is 412. The first-order valence-electron chi connectivity index (χ1n) is 7.45. The van der Waals surface area contributed by atoms with E-state index in [2.05, 4.69) is 37.1 Å². The molecule has 1 heterocycles. The molecule has 0 bridgehead atoms. The van der Waals surface area contributed by atoms with Gasteiger partial charge in [-0.05, 0) is 32.7 Å². The van der Waals surface area contributed by atoms with E-state index < -0.39 is 0 Å². The largest absolute Gasteiger partial charge is 0.329 e. The van der Waals surface area contributed by atoms with Crippen LogP contribution in [0, 0.1) is 12.8 Å². The average molecular weight is 264 g/mol. The van der Waals surface area contributed by atoms with Crippen molar-refractivity contribution in [1.29, 1.82) is 0 Å². The molecule has 3 unspecified atom stereocenters. The highest BCUT2D eigenvalue weighted by molar-refractivity contribution is 5.20. The zero-order valence-corrected chi connectivity index (χ0v) is 12.8. The van der Waals surface area contributed by atoms with Gasteiger partial charge in [0.15, 0.2) is 0 Å². The van der Waals surface area contributed by atoms with Crippen molar-refractivity contribution >= 4 is 0 Å². The predicted octanol–water partition coefficient (Wildman–Crippen LogP) is 2.24. The summed E-state index contributed by atoms with van der Waals surface area (Å²) < 4.78 is 1.89. The average Bonchev–Trinajstić information content (AvgIpc) is 2.69. The van der Waals surface area contributed by atoms with Gasteiger partial charge in [-0.15, -0.1) is 0 Å². The lowest BCUT2D eigenvalue weighted by atomic mass is 9.85. The second-order valence-electron chi connectivity index (χ2n) is 6.19. The smallest absolute Gasteiger partial charge is 0.0641 e. The molecule has 1 aromatic heterocycles. The van der Waals surface area contributed by atoms with Crippen molar-refractivity contribution in [2.75, 3.05) is 13.6 Å². The molecule has 4 nitrogen and oxygen atoms in total. The van der Waals surface area contributed by atoms with Crippen LogP contribution in [0.15, 0.2) is 6.20 Å². The minimum absolute atomic E-state index is 0.295. The summed E-state index contributed by atoms with van der Waals surface area (Å²) in [6.45, 7) is 5.11. The van der Waals surface area contributed by atoms with Crippen molar-refractivity contribution < 1.29 is 0 Å². The summed E-state index contributed by atoms with van der Waals surface area (Å²) in [7, 11) is 4.21. The van der Waals surface area contributed by atoms with Crippen LogP contribution >= 0.6 is 0 Å². The van der Waals surface area contributed by atoms with Gasteiger partial charge in [0, 0.05) is 31.4 Å². The Kier molecular flexibility index (Phi) is 4.63. The summed E-state index contributed by atoms with van der Waals surface area (Å²) >= 11 is 0. The van der Waals surface area contributed by atoms with Gasteiger partial charge < -0.3 is 5.73 Å². The van der Waals surface area contributed by atoms with Crippen LogP contribution in [0.3, 0.4) is 0 Å². The van der Waals surface area contributed by atoms with Gasteiger partial charge in [-0.25, -0.2) is 0 Å². The lowest BCUT2D eigenvalue weighted by molar-refractivity contribution is 0.121. The van der Waals surface area contributed by atoms with E-state index in [-0.39, 0.29) is 0 Å². The van der Waals surface area contributed by atoms with Gasteiger partial charge in [-0.3, -0.25) is 9.58 Å². The number of nitrogens with two attached hydrogens (primary N) is 1. The van der Waals surface area contributed by atoms with Gasteiger partial charge >= 0.3 is 0 Å². The second kappa shape index (κ2) is 6.06. The molecule has 2 rings (SSSR count). The maximum atomic E-state index is 6.05. The molecule has 1 fully saturated rings. The van der Waals surface area contributed by atoms with Crippen LogP contribution in [0.4, 0.5) is 0 Å². The van der Waals surface area contributed by atoms with E-state index in [1.54, 1.807) is 0 Å². The van der Waals surface area contributed by atoms with Crippen molar-refractivity contribution in [3.8, 4) is 0 Å². The maximum Gasteiger partial charge on any atom is 0.0641 e. The fraction of sp³-hybridized carbons (Fsp3) is 0.800. The van der Waals surface area contributed by atoms with Crippen molar-refractivity contribution in [1.82, 2.24) is 14.7 Å². The highest BCUT2D eigenvalue weighted by atomic mass is 15.3. The van der Waals surface area contributed by atoms with Gasteiger partial charge in [-0.2, -0.15) is 5.10 Å². The van der Waals surface area contributed by atoms with Gasteiger partial charge in [0.25, 0.3) is 0 Å². The molecule has 0 aromatic carbocycles. The Morgan fingerprint density at radius 2 is 2.26 bits per heavy atom. The van der Waals surface area contributed by atoms with E-state index in [0.29, 0.717) is 18.6 Å². The van der Waals surface area contributed by atoms with Crippen LogP contribution in [-0.2, 0) is 7.05 Å². The van der Waals surface area contributed by atoms with Gasteiger partial charge in [0.2, 0.25) is 0 Å². The number of aryl methyl sites for hydroxylation is 2. The van der Waals surface area contributed by atoms with Crippen molar-refractivity contribution in [2.24, 2.45) is 18.7 Å². The third-order valence-corrected chi connectivity index (χ3v) is 4.61. The Morgan fingerprint density at radius 1 is 1.53 bits per heavy atom. The monoisotopic (exact) mass is 264 g/mol. The van der Waals surface area contributed by atoms with Crippen LogP contribution in [-0.4, -0.2) is 34.3 Å². The SMILES string of the molecule is Cc1nn(C)cc1C(CN)N(C)C1CCCC(C)C1. The minimum Gasteiger partial charge on any atom is -0.329 e. The highest BCUT2D eigenvalue weighted by Gasteiger charge is 2.28. The molecule has 0 radical (unpaired) electrons. The zero-order chi connectivity index (χ0) is 14.0. The summed E-state index contributed by atoms with van der Waals surface area (Å²) in [6, 6.07) is 0.959.